The van der Waals surface area contributed by atoms with Crippen LogP contribution < -0.4 is 19.9 Å². The van der Waals surface area contributed by atoms with Gasteiger partial charge in [-0.25, -0.2) is 5.01 Å². The van der Waals surface area contributed by atoms with E-state index in [4.69, 9.17) is 9.47 Å². The molecule has 0 saturated carbocycles. The minimum absolute atomic E-state index is 0.151. The molecule has 0 radical (unpaired) electrons. The molecule has 0 aliphatic carbocycles. The SMILES string of the molecule is O=C1NN(c2ccccc2)C(=O)/C1=C\c1cc([N+](=O)[O-])ccc1OCCCOc1ccccc1. The van der Waals surface area contributed by atoms with Gasteiger partial charge in [-0.1, -0.05) is 36.4 Å². The first-order chi connectivity index (χ1) is 16.5. The predicted octanol–water partition coefficient (Wildman–Crippen LogP) is 3.90. The van der Waals surface area contributed by atoms with Crippen LogP contribution in [-0.4, -0.2) is 30.0 Å². The number of amides is 2. The van der Waals surface area contributed by atoms with Gasteiger partial charge >= 0.3 is 0 Å². The quantitative estimate of drug-likeness (QED) is 0.171. The van der Waals surface area contributed by atoms with Crippen LogP contribution in [0.1, 0.15) is 12.0 Å². The van der Waals surface area contributed by atoms with Crippen molar-refractivity contribution in [3.8, 4) is 11.5 Å². The smallest absolute Gasteiger partial charge is 0.282 e. The third kappa shape index (κ3) is 5.21. The second-order valence-corrected chi connectivity index (χ2v) is 7.32. The highest BCUT2D eigenvalue weighted by Crippen LogP contribution is 2.29. The van der Waals surface area contributed by atoms with E-state index in [1.165, 1.54) is 24.3 Å². The second-order valence-electron chi connectivity index (χ2n) is 7.32. The molecule has 1 aliphatic heterocycles. The van der Waals surface area contributed by atoms with E-state index < -0.39 is 16.7 Å². The largest absolute Gasteiger partial charge is 0.493 e. The molecule has 1 aliphatic rings. The van der Waals surface area contributed by atoms with Gasteiger partial charge in [0.05, 0.1) is 23.8 Å². The summed E-state index contributed by atoms with van der Waals surface area (Å²) in [4.78, 5) is 36.1. The van der Waals surface area contributed by atoms with Crippen LogP contribution in [-0.2, 0) is 9.59 Å². The normalized spacial score (nSPS) is 14.2. The summed E-state index contributed by atoms with van der Waals surface area (Å²) in [5.41, 5.74) is 2.93. The van der Waals surface area contributed by atoms with Gasteiger partial charge in [-0.3, -0.25) is 25.1 Å². The van der Waals surface area contributed by atoms with Crippen LogP contribution in [0, 0.1) is 10.1 Å². The van der Waals surface area contributed by atoms with Gasteiger partial charge in [0.2, 0.25) is 0 Å². The Morgan fingerprint density at radius 3 is 2.29 bits per heavy atom. The standard InChI is InChI=1S/C25H21N3O6/c29-24-22(25(30)27(26-24)19-8-3-1-4-9-19)17-18-16-20(28(31)32)12-13-23(18)34-15-7-14-33-21-10-5-2-6-11-21/h1-6,8-13,16-17H,7,14-15H2,(H,26,29)/b22-17-. The van der Waals surface area contributed by atoms with Crippen molar-refractivity contribution in [3.63, 3.8) is 0 Å². The lowest BCUT2D eigenvalue weighted by molar-refractivity contribution is -0.384. The summed E-state index contributed by atoms with van der Waals surface area (Å²) >= 11 is 0. The Kier molecular flexibility index (Phi) is 6.83. The van der Waals surface area contributed by atoms with Crippen molar-refractivity contribution in [1.82, 2.24) is 5.43 Å². The zero-order valence-corrected chi connectivity index (χ0v) is 18.0. The number of hydrogen-bond acceptors (Lipinski definition) is 6. The zero-order valence-electron chi connectivity index (χ0n) is 18.0. The Bertz CT molecular complexity index is 1230. The molecule has 1 heterocycles. The Balaban J connectivity index is 1.50. The molecule has 2 amide bonds. The van der Waals surface area contributed by atoms with Gasteiger partial charge in [0, 0.05) is 24.1 Å². The second kappa shape index (κ2) is 10.3. The number of rotatable bonds is 9. The lowest BCUT2D eigenvalue weighted by Gasteiger charge is -2.14. The first kappa shape index (κ1) is 22.5. The number of para-hydroxylation sites is 2. The lowest BCUT2D eigenvalue weighted by atomic mass is 10.1. The molecule has 3 aromatic rings. The van der Waals surface area contributed by atoms with Crippen LogP contribution in [0.15, 0.2) is 84.4 Å². The molecule has 0 atom stereocenters. The molecule has 0 bridgehead atoms. The van der Waals surface area contributed by atoms with Crippen LogP contribution in [0.4, 0.5) is 11.4 Å². The zero-order chi connectivity index (χ0) is 23.9. The van der Waals surface area contributed by atoms with Crippen molar-refractivity contribution in [2.75, 3.05) is 18.2 Å². The molecule has 4 rings (SSSR count). The van der Waals surface area contributed by atoms with Crippen molar-refractivity contribution in [2.45, 2.75) is 6.42 Å². The van der Waals surface area contributed by atoms with E-state index in [0.29, 0.717) is 24.5 Å². The number of nitro groups is 1. The summed E-state index contributed by atoms with van der Waals surface area (Å²) in [6.45, 7) is 0.692. The molecule has 1 saturated heterocycles. The molecule has 0 aromatic heterocycles. The molecule has 9 heteroatoms. The van der Waals surface area contributed by atoms with Crippen molar-refractivity contribution >= 4 is 29.3 Å². The van der Waals surface area contributed by atoms with Gasteiger partial charge in [0.25, 0.3) is 17.5 Å². The van der Waals surface area contributed by atoms with E-state index in [1.54, 1.807) is 30.3 Å². The first-order valence-corrected chi connectivity index (χ1v) is 10.5. The molecule has 3 aromatic carbocycles. The number of nitrogens with one attached hydrogen (secondary N) is 1. The van der Waals surface area contributed by atoms with E-state index in [9.17, 15) is 19.7 Å². The minimum Gasteiger partial charge on any atom is -0.493 e. The van der Waals surface area contributed by atoms with Crippen LogP contribution in [0.5, 0.6) is 11.5 Å². The number of nitrogens with zero attached hydrogens (tertiary/aromatic N) is 2. The van der Waals surface area contributed by atoms with E-state index in [0.717, 1.165) is 10.8 Å². The summed E-state index contributed by atoms with van der Waals surface area (Å²) < 4.78 is 11.4. The van der Waals surface area contributed by atoms with E-state index in [-0.39, 0.29) is 23.4 Å². The number of carbonyl (C=O) groups is 2. The van der Waals surface area contributed by atoms with Crippen LogP contribution >= 0.6 is 0 Å². The molecule has 1 N–H and O–H groups in total. The highest BCUT2D eigenvalue weighted by Gasteiger charge is 2.34. The first-order valence-electron chi connectivity index (χ1n) is 10.5. The highest BCUT2D eigenvalue weighted by atomic mass is 16.6. The van der Waals surface area contributed by atoms with Crippen LogP contribution in [0.25, 0.3) is 6.08 Å². The third-order valence-corrected chi connectivity index (χ3v) is 4.97. The molecule has 172 valence electrons. The Morgan fingerprint density at radius 2 is 1.59 bits per heavy atom. The van der Waals surface area contributed by atoms with Crippen LogP contribution in [0.2, 0.25) is 0 Å². The minimum atomic E-state index is -0.609. The molecular formula is C25H21N3O6. The molecule has 34 heavy (non-hydrogen) atoms. The number of hydrogen-bond donors (Lipinski definition) is 1. The number of non-ortho nitro benzene ring substituents is 1. The molecule has 0 spiro atoms. The number of hydrazine groups is 1. The summed E-state index contributed by atoms with van der Waals surface area (Å²) in [5, 5.41) is 12.4. The van der Waals surface area contributed by atoms with E-state index in [1.807, 2.05) is 30.3 Å². The summed E-state index contributed by atoms with van der Waals surface area (Å²) in [6.07, 6.45) is 1.87. The maximum Gasteiger partial charge on any atom is 0.282 e. The van der Waals surface area contributed by atoms with Crippen molar-refractivity contribution in [3.05, 3.63) is 100 Å². The fraction of sp³-hybridized carbons (Fsp3) is 0.120. The van der Waals surface area contributed by atoms with E-state index in [2.05, 4.69) is 5.43 Å². The number of nitro benzene ring substituents is 1. The average Bonchev–Trinajstić information content (AvgIpc) is 3.14. The fourth-order valence-corrected chi connectivity index (χ4v) is 3.31. The number of anilines is 1. The van der Waals surface area contributed by atoms with Gasteiger partial charge in [0.1, 0.15) is 17.1 Å². The lowest BCUT2D eigenvalue weighted by Crippen LogP contribution is -2.35. The number of benzene rings is 3. The molecular weight excluding hydrogens is 438 g/mol. The topological polar surface area (TPSA) is 111 Å². The summed E-state index contributed by atoms with van der Waals surface area (Å²) in [5.74, 6) is -0.110. The van der Waals surface area contributed by atoms with Crippen LogP contribution in [0.3, 0.4) is 0 Å². The van der Waals surface area contributed by atoms with Gasteiger partial charge in [0.15, 0.2) is 0 Å². The van der Waals surface area contributed by atoms with Gasteiger partial charge in [-0.15, -0.1) is 0 Å². The predicted molar refractivity (Wildman–Crippen MR) is 125 cm³/mol. The van der Waals surface area contributed by atoms with Gasteiger partial charge < -0.3 is 9.47 Å². The Morgan fingerprint density at radius 1 is 0.912 bits per heavy atom. The van der Waals surface area contributed by atoms with Crippen molar-refractivity contribution < 1.29 is 24.0 Å². The monoisotopic (exact) mass is 459 g/mol. The van der Waals surface area contributed by atoms with Gasteiger partial charge in [-0.2, -0.15) is 0 Å². The molecule has 1 fully saturated rings. The Labute approximate surface area is 195 Å². The maximum atomic E-state index is 12.9. The summed E-state index contributed by atoms with van der Waals surface area (Å²) in [7, 11) is 0. The van der Waals surface area contributed by atoms with Crippen molar-refractivity contribution in [1.29, 1.82) is 0 Å². The number of carbonyl (C=O) groups excluding carboxylic acids is 2. The molecule has 9 nitrogen and oxygen atoms in total. The Hall–Kier alpha value is -4.66. The number of ether oxygens (including phenoxy) is 2. The van der Waals surface area contributed by atoms with Crippen molar-refractivity contribution in [2.24, 2.45) is 0 Å². The maximum absolute atomic E-state index is 12.9. The van der Waals surface area contributed by atoms with E-state index >= 15 is 0 Å². The highest BCUT2D eigenvalue weighted by molar-refractivity contribution is 6.31. The molecule has 0 unspecified atom stereocenters. The summed E-state index contributed by atoms with van der Waals surface area (Å²) in [6, 6.07) is 22.0. The van der Waals surface area contributed by atoms with Gasteiger partial charge in [-0.05, 0) is 36.4 Å². The average molecular weight is 459 g/mol. The fourth-order valence-electron chi connectivity index (χ4n) is 3.31. The third-order valence-electron chi connectivity index (χ3n) is 4.97.